The molecule has 0 aliphatic carbocycles. The molecule has 206 valence electrons. The Bertz CT molecular complexity index is 781. The number of phenolic OH excluding ortho intramolecular Hbond substituents is 1. The summed E-state index contributed by atoms with van der Waals surface area (Å²) < 4.78 is 41.4. The van der Waals surface area contributed by atoms with Crippen LogP contribution < -0.4 is 9.47 Å². The zero-order chi connectivity index (χ0) is 26.1. The summed E-state index contributed by atoms with van der Waals surface area (Å²) in [6.45, 7) is 15.7. The van der Waals surface area contributed by atoms with E-state index in [1.807, 2.05) is 26.8 Å². The highest BCUT2D eigenvalue weighted by molar-refractivity contribution is 6.60. The van der Waals surface area contributed by atoms with Gasteiger partial charge in [-0.15, -0.1) is 0 Å². The molecule has 0 bridgehead atoms. The third-order valence-corrected chi connectivity index (χ3v) is 10.5. The molecule has 0 radical (unpaired) electrons. The van der Waals surface area contributed by atoms with E-state index in [9.17, 15) is 5.11 Å². The van der Waals surface area contributed by atoms with Gasteiger partial charge in [0, 0.05) is 43.6 Å². The Balaban J connectivity index is 1.75. The molecule has 2 aliphatic heterocycles. The molecular weight excluding hydrogens is 480 g/mol. The van der Waals surface area contributed by atoms with Crippen molar-refractivity contribution in [3.8, 4) is 17.2 Å². The average Bonchev–Trinajstić information content (AvgIpc) is 2.80. The molecule has 1 N–H and O–H groups in total. The smallest absolute Gasteiger partial charge is 0.500 e. The van der Waals surface area contributed by atoms with E-state index in [0.717, 1.165) is 24.8 Å². The zero-order valence-corrected chi connectivity index (χ0v) is 23.9. The van der Waals surface area contributed by atoms with E-state index in [2.05, 4.69) is 13.8 Å². The first-order valence-corrected chi connectivity index (χ1v) is 15.5. The zero-order valence-electron chi connectivity index (χ0n) is 22.9. The fourth-order valence-corrected chi connectivity index (χ4v) is 7.19. The van der Waals surface area contributed by atoms with Crippen molar-refractivity contribution >= 4 is 8.80 Å². The number of hydrogen-bond donors (Lipinski definition) is 1. The summed E-state index contributed by atoms with van der Waals surface area (Å²) in [7, 11) is -2.76. The second kappa shape index (κ2) is 13.4. The molecule has 9 heteroatoms. The van der Waals surface area contributed by atoms with Crippen molar-refractivity contribution in [3.05, 3.63) is 17.7 Å². The van der Waals surface area contributed by atoms with Crippen molar-refractivity contribution in [3.63, 3.8) is 0 Å². The van der Waals surface area contributed by atoms with Gasteiger partial charge in [-0.25, -0.2) is 0 Å². The number of ether oxygens (including phenoxy) is 4. The van der Waals surface area contributed by atoms with Gasteiger partial charge in [0.2, 0.25) is 0 Å². The summed E-state index contributed by atoms with van der Waals surface area (Å²) in [5, 5.41) is 11.0. The summed E-state index contributed by atoms with van der Waals surface area (Å²) >= 11 is 0. The molecule has 1 aromatic carbocycles. The van der Waals surface area contributed by atoms with Crippen LogP contribution in [0.15, 0.2) is 12.1 Å². The Morgan fingerprint density at radius 1 is 0.806 bits per heavy atom. The molecule has 0 saturated carbocycles. The molecule has 3 rings (SSSR count). The highest BCUT2D eigenvalue weighted by Crippen LogP contribution is 2.39. The first-order valence-electron chi connectivity index (χ1n) is 13.6. The molecule has 1 aromatic rings. The fraction of sp³-hybridized carbons (Fsp3) is 0.778. The molecular formula is C27H46O8Si. The summed E-state index contributed by atoms with van der Waals surface area (Å²) in [5.41, 5.74) is 0.857. The van der Waals surface area contributed by atoms with Gasteiger partial charge in [-0.3, -0.25) is 0 Å². The van der Waals surface area contributed by atoms with Crippen LogP contribution >= 0.6 is 0 Å². The molecule has 8 nitrogen and oxygen atoms in total. The standard InChI is InChI=1S/C27H46O8Si/c1-6-26(16-29-17-26)20-31-22-14-24(28)23(25(15-22)32-21-27(7-2)18-30-19-27)12-11-13-36(33-8-3,34-9-4)35-10-5/h14-15,28H,6-13,16-21H2,1-5H3. The maximum Gasteiger partial charge on any atom is 0.500 e. The number of phenols is 1. The van der Waals surface area contributed by atoms with Crippen molar-refractivity contribution in [1.82, 2.24) is 0 Å². The molecule has 2 saturated heterocycles. The summed E-state index contributed by atoms with van der Waals surface area (Å²) in [5.74, 6) is 1.46. The third-order valence-electron chi connectivity index (χ3n) is 7.37. The lowest BCUT2D eigenvalue weighted by atomic mass is 9.84. The fourth-order valence-electron chi connectivity index (χ4n) is 4.58. The third kappa shape index (κ3) is 7.14. The molecule has 0 atom stereocenters. The molecule has 0 amide bonds. The highest BCUT2D eigenvalue weighted by Gasteiger charge is 2.41. The van der Waals surface area contributed by atoms with Gasteiger partial charge in [0.25, 0.3) is 0 Å². The Hall–Kier alpha value is -1.36. The predicted molar refractivity (Wildman–Crippen MR) is 140 cm³/mol. The number of rotatable bonds is 18. The maximum absolute atomic E-state index is 11.0. The van der Waals surface area contributed by atoms with E-state index in [-0.39, 0.29) is 16.6 Å². The van der Waals surface area contributed by atoms with Crippen LogP contribution in [0, 0.1) is 10.8 Å². The summed E-state index contributed by atoms with van der Waals surface area (Å²) in [6, 6.07) is 4.29. The Kier molecular flexibility index (Phi) is 10.9. The van der Waals surface area contributed by atoms with Crippen molar-refractivity contribution < 1.29 is 37.3 Å². The molecule has 0 spiro atoms. The van der Waals surface area contributed by atoms with Crippen LogP contribution in [-0.4, -0.2) is 73.4 Å². The predicted octanol–water partition coefficient (Wildman–Crippen LogP) is 4.98. The Labute approximate surface area is 217 Å². The minimum atomic E-state index is -2.76. The van der Waals surface area contributed by atoms with Gasteiger partial charge >= 0.3 is 8.80 Å². The quantitative estimate of drug-likeness (QED) is 0.268. The second-order valence-corrected chi connectivity index (χ2v) is 12.8. The summed E-state index contributed by atoms with van der Waals surface area (Å²) in [6.07, 6.45) is 3.33. The minimum Gasteiger partial charge on any atom is -0.507 e. The van der Waals surface area contributed by atoms with Gasteiger partial charge in [-0.05, 0) is 46.5 Å². The second-order valence-electron chi connectivity index (χ2n) is 10.0. The minimum absolute atomic E-state index is 0.0280. The number of benzene rings is 1. The molecule has 0 aromatic heterocycles. The van der Waals surface area contributed by atoms with Crippen molar-refractivity contribution in [2.75, 3.05) is 59.5 Å². The van der Waals surface area contributed by atoms with Gasteiger partial charge in [0.1, 0.15) is 17.2 Å². The van der Waals surface area contributed by atoms with E-state index in [4.69, 9.17) is 32.2 Å². The van der Waals surface area contributed by atoms with Gasteiger partial charge in [-0.1, -0.05) is 13.8 Å². The topological polar surface area (TPSA) is 84.8 Å². The van der Waals surface area contributed by atoms with Crippen LogP contribution in [0.4, 0.5) is 0 Å². The molecule has 0 unspecified atom stereocenters. The lowest BCUT2D eigenvalue weighted by Gasteiger charge is -2.40. The van der Waals surface area contributed by atoms with E-state index < -0.39 is 8.80 Å². The van der Waals surface area contributed by atoms with Gasteiger partial charge in [0.15, 0.2) is 0 Å². The van der Waals surface area contributed by atoms with Crippen LogP contribution in [-0.2, 0) is 29.2 Å². The van der Waals surface area contributed by atoms with Crippen LogP contribution in [0.5, 0.6) is 17.2 Å². The number of hydrogen-bond acceptors (Lipinski definition) is 8. The van der Waals surface area contributed by atoms with Gasteiger partial charge < -0.3 is 37.3 Å². The normalized spacial score (nSPS) is 18.4. The van der Waals surface area contributed by atoms with Crippen molar-refractivity contribution in [1.29, 1.82) is 0 Å². The lowest BCUT2D eigenvalue weighted by molar-refractivity contribution is -0.134. The molecule has 2 heterocycles. The SMILES string of the molecule is CCO[Si](CCCc1c(O)cc(OCC2(CC)COC2)cc1OCC1(CC)COC1)(OCC)OCC. The van der Waals surface area contributed by atoms with Gasteiger partial charge in [0.05, 0.1) is 50.5 Å². The number of aromatic hydroxyl groups is 1. The molecule has 2 aliphatic rings. The van der Waals surface area contributed by atoms with E-state index in [0.29, 0.717) is 83.4 Å². The first-order chi connectivity index (χ1) is 17.4. The van der Waals surface area contributed by atoms with Crippen LogP contribution in [0.25, 0.3) is 0 Å². The van der Waals surface area contributed by atoms with Crippen molar-refractivity contribution in [2.45, 2.75) is 66.3 Å². The largest absolute Gasteiger partial charge is 0.507 e. The first kappa shape index (κ1) is 29.2. The van der Waals surface area contributed by atoms with Crippen LogP contribution in [0.1, 0.15) is 59.4 Å². The average molecular weight is 527 g/mol. The monoisotopic (exact) mass is 526 g/mol. The molecule has 36 heavy (non-hydrogen) atoms. The maximum atomic E-state index is 11.0. The van der Waals surface area contributed by atoms with Crippen LogP contribution in [0.3, 0.4) is 0 Å². The summed E-state index contributed by atoms with van der Waals surface area (Å²) in [4.78, 5) is 0. The Morgan fingerprint density at radius 3 is 1.78 bits per heavy atom. The van der Waals surface area contributed by atoms with Crippen molar-refractivity contribution in [2.24, 2.45) is 10.8 Å². The van der Waals surface area contributed by atoms with E-state index in [1.165, 1.54) is 0 Å². The van der Waals surface area contributed by atoms with Crippen LogP contribution in [0.2, 0.25) is 6.04 Å². The van der Waals surface area contributed by atoms with E-state index in [1.54, 1.807) is 6.07 Å². The lowest BCUT2D eigenvalue weighted by Crippen LogP contribution is -2.46. The van der Waals surface area contributed by atoms with E-state index >= 15 is 0 Å². The molecule has 2 fully saturated rings. The highest BCUT2D eigenvalue weighted by atomic mass is 28.4. The van der Waals surface area contributed by atoms with Gasteiger partial charge in [-0.2, -0.15) is 0 Å². The Morgan fingerprint density at radius 2 is 1.33 bits per heavy atom.